The van der Waals surface area contributed by atoms with E-state index in [2.05, 4.69) is 0 Å². The van der Waals surface area contributed by atoms with E-state index in [0.29, 0.717) is 16.3 Å². The molecule has 0 unspecified atom stereocenters. The van der Waals surface area contributed by atoms with Crippen molar-refractivity contribution in [3.63, 3.8) is 0 Å². The number of halogens is 3. The lowest BCUT2D eigenvalue weighted by Gasteiger charge is -2.10. The summed E-state index contributed by atoms with van der Waals surface area (Å²) >= 11 is 0. The van der Waals surface area contributed by atoms with Gasteiger partial charge in [0.2, 0.25) is 0 Å². The second-order valence-corrected chi connectivity index (χ2v) is 6.87. The maximum Gasteiger partial charge on any atom is 0.512 e. The molecule has 12 heteroatoms. The first kappa shape index (κ1) is 15.5. The third-order valence-corrected chi connectivity index (χ3v) is 5.07. The first-order chi connectivity index (χ1) is 8.37. The predicted octanol–water partition coefficient (Wildman–Crippen LogP) is 0.102. The van der Waals surface area contributed by atoms with Crippen molar-refractivity contribution in [2.75, 3.05) is 5.73 Å². The maximum atomic E-state index is 12.0. The van der Waals surface area contributed by atoms with Crippen LogP contribution in [0.1, 0.15) is 0 Å². The molecular formula is C7H7F3N2O5S2. The SMILES string of the molecule is Nc1cc(S(=O)(=O)NS(=O)(=O)C(F)(F)F)ccc1O. The first-order valence-electron chi connectivity index (χ1n) is 4.30. The Balaban J connectivity index is 3.24. The van der Waals surface area contributed by atoms with Gasteiger partial charge in [0.15, 0.2) is 0 Å². The second kappa shape index (κ2) is 4.54. The molecule has 19 heavy (non-hydrogen) atoms. The van der Waals surface area contributed by atoms with Crippen LogP contribution in [0, 0.1) is 0 Å². The van der Waals surface area contributed by atoms with E-state index in [1.165, 1.54) is 0 Å². The van der Waals surface area contributed by atoms with Gasteiger partial charge in [0, 0.05) is 0 Å². The highest BCUT2D eigenvalue weighted by molar-refractivity contribution is 8.05. The van der Waals surface area contributed by atoms with Gasteiger partial charge < -0.3 is 10.8 Å². The molecule has 1 aromatic carbocycles. The summed E-state index contributed by atoms with van der Waals surface area (Å²) in [7, 11) is -11.1. The number of rotatable bonds is 3. The highest BCUT2D eigenvalue weighted by Crippen LogP contribution is 2.26. The largest absolute Gasteiger partial charge is 0.512 e. The molecule has 0 aliphatic heterocycles. The molecule has 0 heterocycles. The molecule has 7 nitrogen and oxygen atoms in total. The Morgan fingerprint density at radius 3 is 2.11 bits per heavy atom. The van der Waals surface area contributed by atoms with E-state index >= 15 is 0 Å². The Hall–Kier alpha value is -1.53. The van der Waals surface area contributed by atoms with Crippen LogP contribution in [0.4, 0.5) is 18.9 Å². The van der Waals surface area contributed by atoms with E-state index in [0.717, 1.165) is 6.07 Å². The number of phenols is 1. The van der Waals surface area contributed by atoms with Crippen molar-refractivity contribution in [3.05, 3.63) is 18.2 Å². The van der Waals surface area contributed by atoms with Gasteiger partial charge in [-0.15, -0.1) is 0 Å². The van der Waals surface area contributed by atoms with E-state index < -0.39 is 41.9 Å². The van der Waals surface area contributed by atoms with Crippen molar-refractivity contribution in [3.8, 4) is 5.75 Å². The van der Waals surface area contributed by atoms with Crippen LogP contribution >= 0.6 is 0 Å². The molecule has 0 amide bonds. The number of nitrogens with two attached hydrogens (primary N) is 1. The quantitative estimate of drug-likeness (QED) is 0.535. The third kappa shape index (κ3) is 3.27. The number of hydrogen-bond acceptors (Lipinski definition) is 6. The zero-order valence-electron chi connectivity index (χ0n) is 8.84. The average Bonchev–Trinajstić information content (AvgIpc) is 2.18. The molecule has 0 aliphatic carbocycles. The van der Waals surface area contributed by atoms with Crippen LogP contribution in [0.15, 0.2) is 23.1 Å². The number of sulfonamides is 2. The Kier molecular flexibility index (Phi) is 3.71. The van der Waals surface area contributed by atoms with Crippen LogP contribution in [0.2, 0.25) is 0 Å². The van der Waals surface area contributed by atoms with Crippen molar-refractivity contribution >= 4 is 25.7 Å². The van der Waals surface area contributed by atoms with Crippen LogP contribution in [-0.2, 0) is 20.0 Å². The van der Waals surface area contributed by atoms with Crippen molar-refractivity contribution < 1.29 is 35.1 Å². The van der Waals surface area contributed by atoms with Crippen molar-refractivity contribution in [1.29, 1.82) is 0 Å². The minimum atomic E-state index is -6.07. The molecular weight excluding hydrogens is 313 g/mol. The molecule has 0 bridgehead atoms. The summed E-state index contributed by atoms with van der Waals surface area (Å²) in [5, 5.41) is 9.03. The Labute approximate surface area is 105 Å². The van der Waals surface area contributed by atoms with Gasteiger partial charge in [0.1, 0.15) is 5.75 Å². The van der Waals surface area contributed by atoms with Crippen LogP contribution in [0.3, 0.4) is 0 Å². The Bertz CT molecular complexity index is 696. The fourth-order valence-corrected chi connectivity index (χ4v) is 3.39. The maximum absolute atomic E-state index is 12.0. The predicted molar refractivity (Wildman–Crippen MR) is 57.8 cm³/mol. The molecule has 0 fully saturated rings. The second-order valence-electron chi connectivity index (χ2n) is 3.26. The van der Waals surface area contributed by atoms with Gasteiger partial charge in [-0.1, -0.05) is 4.13 Å². The molecule has 0 aliphatic rings. The van der Waals surface area contributed by atoms with Crippen molar-refractivity contribution in [2.24, 2.45) is 0 Å². The fraction of sp³-hybridized carbons (Fsp3) is 0.143. The molecule has 0 saturated carbocycles. The first-order valence-corrected chi connectivity index (χ1v) is 7.27. The Morgan fingerprint density at radius 2 is 1.68 bits per heavy atom. The molecule has 4 N–H and O–H groups in total. The van der Waals surface area contributed by atoms with Gasteiger partial charge in [0.05, 0.1) is 10.6 Å². The number of benzene rings is 1. The van der Waals surface area contributed by atoms with Crippen LogP contribution in [0.5, 0.6) is 5.75 Å². The van der Waals surface area contributed by atoms with Gasteiger partial charge in [0.25, 0.3) is 10.0 Å². The molecule has 0 saturated heterocycles. The van der Waals surface area contributed by atoms with Gasteiger partial charge >= 0.3 is 15.5 Å². The average molecular weight is 320 g/mol. The fourth-order valence-electron chi connectivity index (χ4n) is 0.940. The summed E-state index contributed by atoms with van der Waals surface area (Å²) in [4.78, 5) is -0.837. The van der Waals surface area contributed by atoms with E-state index in [9.17, 15) is 30.0 Å². The van der Waals surface area contributed by atoms with E-state index in [1.807, 2.05) is 0 Å². The lowest BCUT2D eigenvalue weighted by atomic mass is 10.3. The highest BCUT2D eigenvalue weighted by Gasteiger charge is 2.48. The lowest BCUT2D eigenvalue weighted by molar-refractivity contribution is -0.0441. The van der Waals surface area contributed by atoms with E-state index in [4.69, 9.17) is 10.8 Å². The number of anilines is 1. The van der Waals surface area contributed by atoms with E-state index in [1.54, 1.807) is 0 Å². The van der Waals surface area contributed by atoms with E-state index in [-0.39, 0.29) is 0 Å². The lowest BCUT2D eigenvalue weighted by Crippen LogP contribution is -2.40. The molecule has 0 radical (unpaired) electrons. The minimum Gasteiger partial charge on any atom is -0.506 e. The van der Waals surface area contributed by atoms with Crippen LogP contribution in [0.25, 0.3) is 0 Å². The summed E-state index contributed by atoms with van der Waals surface area (Å²) < 4.78 is 80.9. The summed E-state index contributed by atoms with van der Waals surface area (Å²) in [5.41, 5.74) is -1.06. The monoisotopic (exact) mass is 320 g/mol. The van der Waals surface area contributed by atoms with Gasteiger partial charge in [-0.2, -0.15) is 13.2 Å². The zero-order chi connectivity index (χ0) is 15.1. The molecule has 108 valence electrons. The van der Waals surface area contributed by atoms with Gasteiger partial charge in [-0.3, -0.25) is 0 Å². The normalized spacial score (nSPS) is 13.4. The summed E-state index contributed by atoms with van der Waals surface area (Å²) in [6, 6.07) is 2.10. The van der Waals surface area contributed by atoms with Crippen LogP contribution < -0.4 is 9.86 Å². The standard InChI is InChI=1S/C7H7F3N2O5S2/c8-7(9,10)19(16,17)12-18(14,15)4-1-2-6(13)5(11)3-4/h1-3,12-13H,11H2. The van der Waals surface area contributed by atoms with Gasteiger partial charge in [-0.25, -0.2) is 16.8 Å². The molecule has 1 aromatic rings. The zero-order valence-corrected chi connectivity index (χ0v) is 10.5. The smallest absolute Gasteiger partial charge is 0.506 e. The minimum absolute atomic E-state index is 0.438. The number of aromatic hydroxyl groups is 1. The van der Waals surface area contributed by atoms with Crippen molar-refractivity contribution in [2.45, 2.75) is 10.4 Å². The summed E-state index contributed by atoms with van der Waals surface area (Å²) in [6.07, 6.45) is 0. The number of hydrogen-bond donors (Lipinski definition) is 3. The molecule has 0 aromatic heterocycles. The van der Waals surface area contributed by atoms with Gasteiger partial charge in [-0.05, 0) is 18.2 Å². The number of nitrogens with one attached hydrogen (secondary N) is 1. The number of alkyl halides is 3. The number of nitrogen functional groups attached to an aromatic ring is 1. The third-order valence-electron chi connectivity index (χ3n) is 1.83. The Morgan fingerprint density at radius 1 is 1.16 bits per heavy atom. The number of phenolic OH excluding ortho intramolecular Hbond substituents is 1. The summed E-state index contributed by atoms with van der Waals surface area (Å²) in [6.45, 7) is 0. The highest BCUT2D eigenvalue weighted by atomic mass is 32.3. The topological polar surface area (TPSA) is 127 Å². The van der Waals surface area contributed by atoms with Crippen molar-refractivity contribution in [1.82, 2.24) is 4.13 Å². The molecule has 0 spiro atoms. The van der Waals surface area contributed by atoms with Crippen LogP contribution in [-0.4, -0.2) is 27.5 Å². The molecule has 1 rings (SSSR count). The summed E-state index contributed by atoms with van der Waals surface area (Å²) in [5.74, 6) is -0.502. The molecule has 0 atom stereocenters.